The SMILES string of the molecule is COCC1CCCN(Cc2cccc3ccccc23)C1. The fourth-order valence-electron chi connectivity index (χ4n) is 3.34. The molecule has 0 aromatic heterocycles. The maximum absolute atomic E-state index is 5.32. The molecule has 2 nitrogen and oxygen atoms in total. The number of fused-ring (bicyclic) bond motifs is 1. The van der Waals surface area contributed by atoms with E-state index in [4.69, 9.17) is 4.74 Å². The lowest BCUT2D eigenvalue weighted by atomic mass is 9.97. The molecule has 0 radical (unpaired) electrons. The van der Waals surface area contributed by atoms with Crippen molar-refractivity contribution in [2.45, 2.75) is 19.4 Å². The van der Waals surface area contributed by atoms with Gasteiger partial charge >= 0.3 is 0 Å². The molecule has 3 rings (SSSR count). The smallest absolute Gasteiger partial charge is 0.0502 e. The summed E-state index contributed by atoms with van der Waals surface area (Å²) in [6, 6.07) is 15.3. The Morgan fingerprint density at radius 2 is 2.00 bits per heavy atom. The third kappa shape index (κ3) is 3.02. The molecule has 1 aliphatic heterocycles. The molecule has 0 amide bonds. The number of methoxy groups -OCH3 is 1. The van der Waals surface area contributed by atoms with E-state index in [1.807, 2.05) is 7.11 Å². The standard InChI is InChI=1S/C18H23NO/c1-20-14-15-6-5-11-19(12-15)13-17-9-4-8-16-7-2-3-10-18(16)17/h2-4,7-10,15H,5-6,11-14H2,1H3. The van der Waals surface area contributed by atoms with Gasteiger partial charge in [-0.3, -0.25) is 4.90 Å². The minimum absolute atomic E-state index is 0.698. The molecule has 0 bridgehead atoms. The van der Waals surface area contributed by atoms with Gasteiger partial charge in [0.05, 0.1) is 6.61 Å². The molecule has 0 N–H and O–H groups in total. The van der Waals surface area contributed by atoms with Crippen LogP contribution < -0.4 is 0 Å². The lowest BCUT2D eigenvalue weighted by Gasteiger charge is -2.32. The third-order valence-electron chi connectivity index (χ3n) is 4.28. The van der Waals surface area contributed by atoms with Crippen LogP contribution in [0.25, 0.3) is 10.8 Å². The summed E-state index contributed by atoms with van der Waals surface area (Å²) in [7, 11) is 1.81. The minimum atomic E-state index is 0.698. The molecule has 1 heterocycles. The molecule has 2 aromatic rings. The van der Waals surface area contributed by atoms with Gasteiger partial charge in [0.1, 0.15) is 0 Å². The van der Waals surface area contributed by atoms with Crippen molar-refractivity contribution in [3.05, 3.63) is 48.0 Å². The molecule has 106 valence electrons. The summed E-state index contributed by atoms with van der Waals surface area (Å²) in [5.74, 6) is 0.698. The highest BCUT2D eigenvalue weighted by Crippen LogP contribution is 2.23. The van der Waals surface area contributed by atoms with Crippen molar-refractivity contribution in [3.63, 3.8) is 0 Å². The highest BCUT2D eigenvalue weighted by molar-refractivity contribution is 5.85. The van der Waals surface area contributed by atoms with Gasteiger partial charge in [-0.1, -0.05) is 42.5 Å². The average Bonchev–Trinajstić information content (AvgIpc) is 2.48. The van der Waals surface area contributed by atoms with Crippen LogP contribution in [0.3, 0.4) is 0 Å². The number of rotatable bonds is 4. The number of nitrogens with zero attached hydrogens (tertiary/aromatic N) is 1. The molecule has 0 spiro atoms. The lowest BCUT2D eigenvalue weighted by Crippen LogP contribution is -2.36. The molecule has 0 aliphatic carbocycles. The third-order valence-corrected chi connectivity index (χ3v) is 4.28. The highest BCUT2D eigenvalue weighted by atomic mass is 16.5. The Morgan fingerprint density at radius 1 is 1.15 bits per heavy atom. The molecule has 20 heavy (non-hydrogen) atoms. The van der Waals surface area contributed by atoms with E-state index in [0.29, 0.717) is 5.92 Å². The predicted molar refractivity (Wildman–Crippen MR) is 83.8 cm³/mol. The highest BCUT2D eigenvalue weighted by Gasteiger charge is 2.20. The van der Waals surface area contributed by atoms with Crippen LogP contribution in [0.4, 0.5) is 0 Å². The quantitative estimate of drug-likeness (QED) is 0.839. The second kappa shape index (κ2) is 6.38. The maximum atomic E-state index is 5.32. The molecule has 1 atom stereocenters. The van der Waals surface area contributed by atoms with E-state index in [0.717, 1.165) is 19.7 Å². The Hall–Kier alpha value is -1.38. The largest absolute Gasteiger partial charge is 0.384 e. The van der Waals surface area contributed by atoms with E-state index in [1.165, 1.54) is 35.7 Å². The number of hydrogen-bond acceptors (Lipinski definition) is 2. The van der Waals surface area contributed by atoms with Crippen molar-refractivity contribution in [3.8, 4) is 0 Å². The van der Waals surface area contributed by atoms with Gasteiger partial charge in [-0.25, -0.2) is 0 Å². The van der Waals surface area contributed by atoms with Gasteiger partial charge in [-0.2, -0.15) is 0 Å². The molecule has 1 fully saturated rings. The van der Waals surface area contributed by atoms with Crippen molar-refractivity contribution >= 4 is 10.8 Å². The Morgan fingerprint density at radius 3 is 2.90 bits per heavy atom. The Labute approximate surface area is 121 Å². The van der Waals surface area contributed by atoms with Crippen LogP contribution in [0, 0.1) is 5.92 Å². The first-order chi connectivity index (χ1) is 9.86. The molecule has 2 aromatic carbocycles. The summed E-state index contributed by atoms with van der Waals surface area (Å²) in [4.78, 5) is 2.58. The molecule has 1 unspecified atom stereocenters. The van der Waals surface area contributed by atoms with Crippen LogP contribution in [0.2, 0.25) is 0 Å². The second-order valence-corrected chi connectivity index (χ2v) is 5.84. The lowest BCUT2D eigenvalue weighted by molar-refractivity contribution is 0.0876. The van der Waals surface area contributed by atoms with Gasteiger partial charge < -0.3 is 4.74 Å². The number of hydrogen-bond donors (Lipinski definition) is 0. The van der Waals surface area contributed by atoms with Crippen molar-refractivity contribution < 1.29 is 4.74 Å². The minimum Gasteiger partial charge on any atom is -0.384 e. The summed E-state index contributed by atoms with van der Waals surface area (Å²) < 4.78 is 5.32. The van der Waals surface area contributed by atoms with Gasteiger partial charge in [0, 0.05) is 20.2 Å². The summed E-state index contributed by atoms with van der Waals surface area (Å²) in [5.41, 5.74) is 1.45. The van der Waals surface area contributed by atoms with E-state index < -0.39 is 0 Å². The van der Waals surface area contributed by atoms with E-state index in [9.17, 15) is 0 Å². The number of piperidine rings is 1. The Balaban J connectivity index is 1.76. The first kappa shape index (κ1) is 13.6. The molecule has 1 aliphatic rings. The van der Waals surface area contributed by atoms with E-state index >= 15 is 0 Å². The van der Waals surface area contributed by atoms with Crippen molar-refractivity contribution in [1.29, 1.82) is 0 Å². The zero-order valence-electron chi connectivity index (χ0n) is 12.2. The van der Waals surface area contributed by atoms with Crippen LogP contribution >= 0.6 is 0 Å². The monoisotopic (exact) mass is 269 g/mol. The summed E-state index contributed by atoms with van der Waals surface area (Å²) in [6.07, 6.45) is 2.60. The zero-order chi connectivity index (χ0) is 13.8. The molecular weight excluding hydrogens is 246 g/mol. The van der Waals surface area contributed by atoms with Gasteiger partial charge in [0.15, 0.2) is 0 Å². The van der Waals surface area contributed by atoms with Gasteiger partial charge in [-0.15, -0.1) is 0 Å². The number of likely N-dealkylation sites (tertiary alicyclic amines) is 1. The van der Waals surface area contributed by atoms with Crippen LogP contribution in [0.5, 0.6) is 0 Å². The molecule has 1 saturated heterocycles. The topological polar surface area (TPSA) is 12.5 Å². The second-order valence-electron chi connectivity index (χ2n) is 5.84. The average molecular weight is 269 g/mol. The zero-order valence-corrected chi connectivity index (χ0v) is 12.2. The normalized spacial score (nSPS) is 20.4. The van der Waals surface area contributed by atoms with Gasteiger partial charge in [-0.05, 0) is 41.6 Å². The van der Waals surface area contributed by atoms with E-state index in [2.05, 4.69) is 47.4 Å². The van der Waals surface area contributed by atoms with Crippen molar-refractivity contribution in [2.24, 2.45) is 5.92 Å². The number of benzene rings is 2. The van der Waals surface area contributed by atoms with E-state index in [-0.39, 0.29) is 0 Å². The molecular formula is C18H23NO. The Bertz CT molecular complexity index is 559. The Kier molecular flexibility index (Phi) is 4.34. The first-order valence-corrected chi connectivity index (χ1v) is 7.55. The van der Waals surface area contributed by atoms with E-state index in [1.54, 1.807) is 0 Å². The summed E-state index contributed by atoms with van der Waals surface area (Å²) in [5, 5.41) is 2.74. The van der Waals surface area contributed by atoms with Gasteiger partial charge in [0.25, 0.3) is 0 Å². The number of ether oxygens (including phenoxy) is 1. The van der Waals surface area contributed by atoms with Crippen LogP contribution in [0.1, 0.15) is 18.4 Å². The summed E-state index contributed by atoms with van der Waals surface area (Å²) >= 11 is 0. The van der Waals surface area contributed by atoms with Crippen LogP contribution in [0.15, 0.2) is 42.5 Å². The molecule has 0 saturated carbocycles. The predicted octanol–water partition coefficient (Wildman–Crippen LogP) is 3.70. The van der Waals surface area contributed by atoms with Gasteiger partial charge in [0.2, 0.25) is 0 Å². The fourth-order valence-corrected chi connectivity index (χ4v) is 3.34. The fraction of sp³-hybridized carbons (Fsp3) is 0.444. The van der Waals surface area contributed by atoms with Crippen LogP contribution in [-0.4, -0.2) is 31.7 Å². The van der Waals surface area contributed by atoms with Crippen LogP contribution in [-0.2, 0) is 11.3 Å². The van der Waals surface area contributed by atoms with Crippen molar-refractivity contribution in [2.75, 3.05) is 26.8 Å². The first-order valence-electron chi connectivity index (χ1n) is 7.55. The van der Waals surface area contributed by atoms with Crippen molar-refractivity contribution in [1.82, 2.24) is 4.90 Å². The summed E-state index contributed by atoms with van der Waals surface area (Å²) in [6.45, 7) is 4.33. The molecule has 2 heteroatoms. The maximum Gasteiger partial charge on any atom is 0.0502 e.